The normalized spacial score (nSPS) is 19.0. The Labute approximate surface area is 113 Å². The summed E-state index contributed by atoms with van der Waals surface area (Å²) >= 11 is 5.06. The molecule has 1 saturated carbocycles. The lowest BCUT2D eigenvalue weighted by Gasteiger charge is -2.37. The van der Waals surface area contributed by atoms with Crippen LogP contribution in [-0.4, -0.2) is 22.3 Å². The first-order valence-corrected chi connectivity index (χ1v) is 6.56. The van der Waals surface area contributed by atoms with Crippen LogP contribution in [0.2, 0.25) is 0 Å². The summed E-state index contributed by atoms with van der Waals surface area (Å²) in [5.41, 5.74) is 9.09. The predicted molar refractivity (Wildman–Crippen MR) is 73.7 cm³/mol. The Morgan fingerprint density at radius 1 is 1.17 bits per heavy atom. The van der Waals surface area contributed by atoms with Crippen LogP contribution in [0.5, 0.6) is 0 Å². The zero-order valence-corrected chi connectivity index (χ0v) is 11.7. The number of hydrogen-bond acceptors (Lipinski definition) is 3. The highest BCUT2D eigenvalue weighted by Gasteiger charge is 2.44. The number of nitrogens with one attached hydrogen (secondary N) is 1. The topological polar surface area (TPSA) is 98.2 Å². The summed E-state index contributed by atoms with van der Waals surface area (Å²) in [6.07, 6.45) is 4.20. The number of amides is 2. The molecule has 1 aliphatic carbocycles. The van der Waals surface area contributed by atoms with E-state index in [1.165, 1.54) is 0 Å². The van der Waals surface area contributed by atoms with Crippen molar-refractivity contribution in [3.63, 3.8) is 0 Å². The van der Waals surface area contributed by atoms with Crippen LogP contribution in [0.25, 0.3) is 0 Å². The van der Waals surface area contributed by atoms with Crippen molar-refractivity contribution in [1.29, 1.82) is 0 Å². The van der Waals surface area contributed by atoms with Gasteiger partial charge in [-0.3, -0.25) is 9.59 Å². The molecule has 5 N–H and O–H groups in total. The Bertz CT molecular complexity index is 374. The van der Waals surface area contributed by atoms with Crippen molar-refractivity contribution in [3.8, 4) is 0 Å². The fourth-order valence-corrected chi connectivity index (χ4v) is 2.50. The van der Waals surface area contributed by atoms with Crippen molar-refractivity contribution in [1.82, 2.24) is 5.32 Å². The van der Waals surface area contributed by atoms with Gasteiger partial charge in [0.1, 0.15) is 5.54 Å². The molecule has 0 aliphatic heterocycles. The van der Waals surface area contributed by atoms with E-state index in [0.29, 0.717) is 12.8 Å². The quantitative estimate of drug-likeness (QED) is 0.652. The summed E-state index contributed by atoms with van der Waals surface area (Å²) in [5, 5.41) is 2.67. The van der Waals surface area contributed by atoms with E-state index in [2.05, 4.69) is 5.32 Å². The van der Waals surface area contributed by atoms with Crippen LogP contribution < -0.4 is 16.8 Å². The third kappa shape index (κ3) is 2.80. The number of rotatable bonds is 4. The van der Waals surface area contributed by atoms with Gasteiger partial charge in [-0.05, 0) is 26.7 Å². The first kappa shape index (κ1) is 14.9. The summed E-state index contributed by atoms with van der Waals surface area (Å²) in [5.74, 6) is -0.858. The van der Waals surface area contributed by atoms with Gasteiger partial charge < -0.3 is 16.8 Å². The van der Waals surface area contributed by atoms with Crippen LogP contribution in [0.1, 0.15) is 46.0 Å². The van der Waals surface area contributed by atoms with Gasteiger partial charge in [0.05, 0.1) is 10.4 Å². The van der Waals surface area contributed by atoms with Gasteiger partial charge in [0.2, 0.25) is 11.8 Å². The lowest BCUT2D eigenvalue weighted by molar-refractivity contribution is -0.135. The minimum absolute atomic E-state index is 0.208. The molecule has 1 rings (SSSR count). The SMILES string of the molecule is CC(C)(NC(=O)C1(C(N)=S)CCCCC1)C(N)=O. The fourth-order valence-electron chi connectivity index (χ4n) is 2.21. The van der Waals surface area contributed by atoms with E-state index in [1.807, 2.05) is 0 Å². The van der Waals surface area contributed by atoms with Crippen molar-refractivity contribution >= 4 is 29.0 Å². The molecule has 0 atom stereocenters. The maximum Gasteiger partial charge on any atom is 0.242 e. The molecule has 0 bridgehead atoms. The molecule has 6 heteroatoms. The molecule has 5 nitrogen and oxygen atoms in total. The van der Waals surface area contributed by atoms with Gasteiger partial charge in [-0.1, -0.05) is 31.5 Å². The average Bonchev–Trinajstić information content (AvgIpc) is 2.28. The van der Waals surface area contributed by atoms with Gasteiger partial charge in [-0.25, -0.2) is 0 Å². The second kappa shape index (κ2) is 5.22. The summed E-state index contributed by atoms with van der Waals surface area (Å²) in [4.78, 5) is 23.9. The zero-order valence-electron chi connectivity index (χ0n) is 10.9. The van der Waals surface area contributed by atoms with Gasteiger partial charge >= 0.3 is 0 Å². The average molecular weight is 271 g/mol. The molecule has 0 heterocycles. The molecule has 0 spiro atoms. The fraction of sp³-hybridized carbons (Fsp3) is 0.750. The standard InChI is InChI=1S/C12H21N3O2S/c1-11(2,8(13)16)15-10(17)12(9(14)18)6-4-3-5-7-12/h3-7H2,1-2H3,(H2,13,16)(H2,14,18)(H,15,17). The molecular formula is C12H21N3O2S. The minimum Gasteiger partial charge on any atom is -0.392 e. The van der Waals surface area contributed by atoms with Crippen LogP contribution in [0, 0.1) is 5.41 Å². The van der Waals surface area contributed by atoms with Crippen molar-refractivity contribution < 1.29 is 9.59 Å². The second-order valence-electron chi connectivity index (χ2n) is 5.45. The van der Waals surface area contributed by atoms with Crippen molar-refractivity contribution in [3.05, 3.63) is 0 Å². The number of hydrogen-bond donors (Lipinski definition) is 3. The van der Waals surface area contributed by atoms with E-state index in [-0.39, 0.29) is 10.9 Å². The largest absolute Gasteiger partial charge is 0.392 e. The highest BCUT2D eigenvalue weighted by molar-refractivity contribution is 7.80. The third-order valence-electron chi connectivity index (χ3n) is 3.66. The van der Waals surface area contributed by atoms with Crippen LogP contribution in [-0.2, 0) is 9.59 Å². The summed E-state index contributed by atoms with van der Waals surface area (Å²) in [6.45, 7) is 3.15. The smallest absolute Gasteiger partial charge is 0.242 e. The maximum absolute atomic E-state index is 12.4. The molecule has 0 aromatic rings. The van der Waals surface area contributed by atoms with Crippen LogP contribution >= 0.6 is 12.2 Å². The Morgan fingerprint density at radius 2 is 1.67 bits per heavy atom. The lowest BCUT2D eigenvalue weighted by Crippen LogP contribution is -2.59. The molecule has 0 saturated heterocycles. The van der Waals surface area contributed by atoms with E-state index < -0.39 is 16.9 Å². The molecule has 0 radical (unpaired) electrons. The van der Waals surface area contributed by atoms with Crippen LogP contribution in [0.4, 0.5) is 0 Å². The van der Waals surface area contributed by atoms with Gasteiger partial charge in [-0.15, -0.1) is 0 Å². The maximum atomic E-state index is 12.4. The molecular weight excluding hydrogens is 250 g/mol. The van der Waals surface area contributed by atoms with Gasteiger partial charge in [-0.2, -0.15) is 0 Å². The number of thiocarbonyl (C=S) groups is 1. The molecule has 0 aromatic heterocycles. The Balaban J connectivity index is 2.91. The first-order valence-electron chi connectivity index (χ1n) is 6.15. The Morgan fingerprint density at radius 3 is 2.06 bits per heavy atom. The predicted octanol–water partition coefficient (Wildman–Crippen LogP) is 0.603. The Hall–Kier alpha value is -1.17. The van der Waals surface area contributed by atoms with Crippen molar-refractivity contribution in [2.45, 2.75) is 51.5 Å². The molecule has 0 unspecified atom stereocenters. The van der Waals surface area contributed by atoms with Gasteiger partial charge in [0, 0.05) is 0 Å². The van der Waals surface area contributed by atoms with Gasteiger partial charge in [0.15, 0.2) is 0 Å². The van der Waals surface area contributed by atoms with E-state index >= 15 is 0 Å². The minimum atomic E-state index is -1.09. The van der Waals surface area contributed by atoms with Crippen molar-refractivity contribution in [2.24, 2.45) is 16.9 Å². The number of primary amides is 1. The van der Waals surface area contributed by atoms with E-state index in [9.17, 15) is 9.59 Å². The highest BCUT2D eigenvalue weighted by atomic mass is 32.1. The number of nitrogens with two attached hydrogens (primary N) is 2. The molecule has 102 valence electrons. The van der Waals surface area contributed by atoms with Gasteiger partial charge in [0.25, 0.3) is 0 Å². The molecule has 1 fully saturated rings. The van der Waals surface area contributed by atoms with Crippen molar-refractivity contribution in [2.75, 3.05) is 0 Å². The molecule has 0 aromatic carbocycles. The van der Waals surface area contributed by atoms with Crippen LogP contribution in [0.3, 0.4) is 0 Å². The van der Waals surface area contributed by atoms with E-state index in [4.69, 9.17) is 23.7 Å². The lowest BCUT2D eigenvalue weighted by atomic mass is 9.73. The summed E-state index contributed by atoms with van der Waals surface area (Å²) in [6, 6.07) is 0. The molecule has 18 heavy (non-hydrogen) atoms. The summed E-state index contributed by atoms with van der Waals surface area (Å²) < 4.78 is 0. The molecule has 2 amide bonds. The number of carbonyl (C=O) groups excluding carboxylic acids is 2. The molecule has 1 aliphatic rings. The van der Waals surface area contributed by atoms with Crippen LogP contribution in [0.15, 0.2) is 0 Å². The highest BCUT2D eigenvalue weighted by Crippen LogP contribution is 2.37. The number of carbonyl (C=O) groups is 2. The van der Waals surface area contributed by atoms with E-state index in [0.717, 1.165) is 19.3 Å². The first-order chi connectivity index (χ1) is 8.22. The Kier molecular flexibility index (Phi) is 4.32. The summed E-state index contributed by atoms with van der Waals surface area (Å²) in [7, 11) is 0. The second-order valence-corrected chi connectivity index (χ2v) is 5.89. The van der Waals surface area contributed by atoms with E-state index in [1.54, 1.807) is 13.8 Å². The monoisotopic (exact) mass is 271 g/mol. The zero-order chi connectivity index (χ0) is 14.0. The third-order valence-corrected chi connectivity index (χ3v) is 4.05.